The van der Waals surface area contributed by atoms with Crippen LogP contribution in [0.15, 0.2) is 9.08 Å². The molecule has 0 unspecified atom stereocenters. The van der Waals surface area contributed by atoms with Gasteiger partial charge in [0.2, 0.25) is 0 Å². The lowest BCUT2D eigenvalue weighted by Crippen LogP contribution is -2.25. The molecule has 1 heterocycles. The van der Waals surface area contributed by atoms with Crippen LogP contribution in [-0.4, -0.2) is 22.6 Å². The molecule has 0 spiro atoms. The van der Waals surface area contributed by atoms with Gasteiger partial charge in [-0.15, -0.1) is 0 Å². The summed E-state index contributed by atoms with van der Waals surface area (Å²) in [5, 5.41) is 9.43. The molecule has 16 heavy (non-hydrogen) atoms. The molecule has 0 saturated carbocycles. The van der Waals surface area contributed by atoms with Crippen molar-refractivity contribution in [3.8, 4) is 0 Å². The zero-order chi connectivity index (χ0) is 12.0. The Balaban J connectivity index is 2.33. The number of unbranched alkanes of at least 4 members (excludes halogenated alkanes) is 3. The molecule has 0 bridgehead atoms. The fourth-order valence-corrected chi connectivity index (χ4v) is 1.93. The average molecular weight is 353 g/mol. The third-order valence-corrected chi connectivity index (χ3v) is 4.08. The van der Waals surface area contributed by atoms with Crippen molar-refractivity contribution in [3.63, 3.8) is 0 Å². The zero-order valence-corrected chi connectivity index (χ0v) is 12.3. The Morgan fingerprint density at radius 1 is 1.38 bits per heavy atom. The van der Waals surface area contributed by atoms with E-state index in [4.69, 9.17) is 0 Å². The largest absolute Gasteiger partial charge is 0.351 e. The molecule has 6 heteroatoms. The van der Waals surface area contributed by atoms with Crippen LogP contribution in [0, 0.1) is 0 Å². The summed E-state index contributed by atoms with van der Waals surface area (Å²) in [4.78, 5) is 11.7. The summed E-state index contributed by atoms with van der Waals surface area (Å²) in [5.74, 6) is -0.148. The number of aromatic amines is 1. The molecular formula is C10H15Br2N3O. The quantitative estimate of drug-likeness (QED) is 0.772. The number of hydrogen-bond acceptors (Lipinski definition) is 2. The summed E-state index contributed by atoms with van der Waals surface area (Å²) in [7, 11) is 0. The van der Waals surface area contributed by atoms with E-state index in [1.807, 2.05) is 0 Å². The minimum Gasteiger partial charge on any atom is -0.351 e. The van der Waals surface area contributed by atoms with Crippen LogP contribution < -0.4 is 5.32 Å². The number of nitrogens with one attached hydrogen (secondary N) is 2. The van der Waals surface area contributed by atoms with Gasteiger partial charge in [-0.2, -0.15) is 5.10 Å². The predicted molar refractivity (Wildman–Crippen MR) is 70.5 cm³/mol. The second-order valence-corrected chi connectivity index (χ2v) is 5.10. The van der Waals surface area contributed by atoms with Crippen LogP contribution in [0.3, 0.4) is 0 Å². The van der Waals surface area contributed by atoms with Gasteiger partial charge in [-0.05, 0) is 38.3 Å². The van der Waals surface area contributed by atoms with Crippen molar-refractivity contribution in [3.05, 3.63) is 14.8 Å². The van der Waals surface area contributed by atoms with Crippen molar-refractivity contribution in [2.24, 2.45) is 0 Å². The van der Waals surface area contributed by atoms with Gasteiger partial charge in [0.05, 0.1) is 4.47 Å². The number of amides is 1. The van der Waals surface area contributed by atoms with Gasteiger partial charge < -0.3 is 5.32 Å². The van der Waals surface area contributed by atoms with E-state index < -0.39 is 0 Å². The highest BCUT2D eigenvalue weighted by Gasteiger charge is 2.15. The Kier molecular flexibility index (Phi) is 6.05. The van der Waals surface area contributed by atoms with E-state index in [9.17, 15) is 4.79 Å². The molecule has 0 aliphatic rings. The molecule has 1 aromatic rings. The van der Waals surface area contributed by atoms with Crippen LogP contribution in [0.2, 0.25) is 0 Å². The first kappa shape index (κ1) is 13.7. The van der Waals surface area contributed by atoms with Crippen molar-refractivity contribution >= 4 is 37.8 Å². The molecule has 1 aromatic heterocycles. The van der Waals surface area contributed by atoms with Gasteiger partial charge in [0.1, 0.15) is 4.60 Å². The minimum atomic E-state index is -0.148. The number of hydrogen-bond donors (Lipinski definition) is 2. The number of carbonyl (C=O) groups is 1. The molecule has 4 nitrogen and oxygen atoms in total. The van der Waals surface area contributed by atoms with E-state index >= 15 is 0 Å². The summed E-state index contributed by atoms with van der Waals surface area (Å²) in [6, 6.07) is 0. The number of rotatable bonds is 6. The molecule has 0 atom stereocenters. The highest BCUT2D eigenvalue weighted by molar-refractivity contribution is 9.13. The summed E-state index contributed by atoms with van der Waals surface area (Å²) in [6.45, 7) is 2.87. The number of halogens is 2. The Labute approximate surface area is 112 Å². The fraction of sp³-hybridized carbons (Fsp3) is 0.600. The number of aromatic nitrogens is 2. The van der Waals surface area contributed by atoms with Crippen LogP contribution in [0.1, 0.15) is 43.1 Å². The average Bonchev–Trinajstić information content (AvgIpc) is 2.59. The number of nitrogens with zero attached hydrogens (tertiary/aromatic N) is 1. The van der Waals surface area contributed by atoms with Crippen LogP contribution in [-0.2, 0) is 0 Å². The monoisotopic (exact) mass is 351 g/mol. The first-order chi connectivity index (χ1) is 7.66. The maximum atomic E-state index is 11.7. The highest BCUT2D eigenvalue weighted by Crippen LogP contribution is 2.23. The molecule has 90 valence electrons. The van der Waals surface area contributed by atoms with E-state index in [0.717, 1.165) is 12.8 Å². The van der Waals surface area contributed by atoms with Gasteiger partial charge in [-0.25, -0.2) is 0 Å². The highest BCUT2D eigenvalue weighted by atomic mass is 79.9. The van der Waals surface area contributed by atoms with Gasteiger partial charge in [0, 0.05) is 6.54 Å². The molecule has 0 fully saturated rings. The summed E-state index contributed by atoms with van der Waals surface area (Å²) < 4.78 is 1.35. The number of carbonyl (C=O) groups excluding carboxylic acids is 1. The first-order valence-electron chi connectivity index (χ1n) is 5.34. The Hall–Kier alpha value is -0.360. The first-order valence-corrected chi connectivity index (χ1v) is 6.93. The molecule has 0 saturated heterocycles. The lowest BCUT2D eigenvalue weighted by Gasteiger charge is -2.02. The van der Waals surface area contributed by atoms with Gasteiger partial charge >= 0.3 is 0 Å². The minimum absolute atomic E-state index is 0.148. The molecule has 0 radical (unpaired) electrons. The van der Waals surface area contributed by atoms with Crippen molar-refractivity contribution in [1.29, 1.82) is 0 Å². The topological polar surface area (TPSA) is 57.8 Å². The number of H-pyrrole nitrogens is 1. The molecule has 1 amide bonds. The SMILES string of the molecule is CCCCCCNC(=O)c1n[nH]c(Br)c1Br. The lowest BCUT2D eigenvalue weighted by atomic mass is 10.2. The second kappa shape index (κ2) is 7.06. The van der Waals surface area contributed by atoms with Gasteiger partial charge in [-0.3, -0.25) is 9.89 Å². The fourth-order valence-electron chi connectivity index (χ4n) is 1.29. The van der Waals surface area contributed by atoms with Crippen LogP contribution in [0.4, 0.5) is 0 Å². The lowest BCUT2D eigenvalue weighted by molar-refractivity contribution is 0.0947. The van der Waals surface area contributed by atoms with E-state index in [1.54, 1.807) is 0 Å². The maximum Gasteiger partial charge on any atom is 0.273 e. The molecule has 0 aliphatic carbocycles. The predicted octanol–water partition coefficient (Wildman–Crippen LogP) is 3.24. The molecule has 2 N–H and O–H groups in total. The molecule has 0 aliphatic heterocycles. The van der Waals surface area contributed by atoms with E-state index in [2.05, 4.69) is 54.3 Å². The smallest absolute Gasteiger partial charge is 0.273 e. The molecular weight excluding hydrogens is 338 g/mol. The summed E-state index contributed by atoms with van der Waals surface area (Å²) in [5.41, 5.74) is 0.391. The van der Waals surface area contributed by atoms with E-state index in [1.165, 1.54) is 12.8 Å². The van der Waals surface area contributed by atoms with Crippen molar-refractivity contribution in [1.82, 2.24) is 15.5 Å². The van der Waals surface area contributed by atoms with E-state index in [-0.39, 0.29) is 5.91 Å². The van der Waals surface area contributed by atoms with Crippen LogP contribution in [0.25, 0.3) is 0 Å². The molecule has 1 rings (SSSR count). The summed E-state index contributed by atoms with van der Waals surface area (Å²) in [6.07, 6.45) is 4.59. The Morgan fingerprint density at radius 2 is 2.12 bits per heavy atom. The van der Waals surface area contributed by atoms with Gasteiger partial charge in [-0.1, -0.05) is 26.2 Å². The van der Waals surface area contributed by atoms with Gasteiger partial charge in [0.15, 0.2) is 5.69 Å². The third kappa shape index (κ3) is 3.90. The normalized spacial score (nSPS) is 10.4. The second-order valence-electron chi connectivity index (χ2n) is 3.52. The van der Waals surface area contributed by atoms with Gasteiger partial charge in [0.25, 0.3) is 5.91 Å². The zero-order valence-electron chi connectivity index (χ0n) is 9.15. The van der Waals surface area contributed by atoms with Crippen molar-refractivity contribution < 1.29 is 4.79 Å². The third-order valence-electron chi connectivity index (χ3n) is 2.20. The van der Waals surface area contributed by atoms with Crippen LogP contribution >= 0.6 is 31.9 Å². The van der Waals surface area contributed by atoms with E-state index in [0.29, 0.717) is 21.3 Å². The Morgan fingerprint density at radius 3 is 2.69 bits per heavy atom. The van der Waals surface area contributed by atoms with Crippen LogP contribution in [0.5, 0.6) is 0 Å². The van der Waals surface area contributed by atoms with Crippen molar-refractivity contribution in [2.45, 2.75) is 32.6 Å². The Bertz CT molecular complexity index is 352. The molecule has 0 aromatic carbocycles. The summed E-state index contributed by atoms with van der Waals surface area (Å²) >= 11 is 6.52. The maximum absolute atomic E-state index is 11.7. The standard InChI is InChI=1S/C10H15Br2N3O/c1-2-3-4-5-6-13-10(16)8-7(11)9(12)15-14-8/h2-6H2,1H3,(H,13,16)(H,14,15). The van der Waals surface area contributed by atoms with Crippen molar-refractivity contribution in [2.75, 3.05) is 6.54 Å².